The molecule has 1 N–H and O–H groups in total. The van der Waals surface area contributed by atoms with Gasteiger partial charge in [0.2, 0.25) is 11.8 Å². The Morgan fingerprint density at radius 1 is 1.39 bits per heavy atom. The molecule has 7 nitrogen and oxygen atoms in total. The second kappa shape index (κ2) is 7.13. The molecule has 0 aliphatic carbocycles. The normalized spacial score (nSPS) is 15.2. The number of ether oxygens (including phenoxy) is 2. The summed E-state index contributed by atoms with van der Waals surface area (Å²) in [4.78, 5) is 23.6. The van der Waals surface area contributed by atoms with E-state index in [9.17, 15) is 9.59 Å². The van der Waals surface area contributed by atoms with Crippen molar-refractivity contribution >= 4 is 17.5 Å². The minimum atomic E-state index is -0.261. The molecule has 0 saturated heterocycles. The first-order chi connectivity index (χ1) is 10.9. The van der Waals surface area contributed by atoms with Gasteiger partial charge in [-0.2, -0.15) is 5.10 Å². The van der Waals surface area contributed by atoms with Crippen LogP contribution in [0.25, 0.3) is 0 Å². The Hall–Kier alpha value is -2.57. The third kappa shape index (κ3) is 4.00. The summed E-state index contributed by atoms with van der Waals surface area (Å²) in [6.45, 7) is 1.86. The van der Waals surface area contributed by atoms with Crippen molar-refractivity contribution in [3.05, 3.63) is 23.8 Å². The zero-order chi connectivity index (χ0) is 17.0. The van der Waals surface area contributed by atoms with Gasteiger partial charge in [0, 0.05) is 12.6 Å². The summed E-state index contributed by atoms with van der Waals surface area (Å²) in [7, 11) is 4.74. The molecule has 23 heavy (non-hydrogen) atoms. The maximum absolute atomic E-state index is 12.2. The molecule has 1 aromatic carbocycles. The predicted molar refractivity (Wildman–Crippen MR) is 85.5 cm³/mol. The number of carbonyl (C=O) groups is 2. The summed E-state index contributed by atoms with van der Waals surface area (Å²) >= 11 is 0. The van der Waals surface area contributed by atoms with Crippen LogP contribution in [0.2, 0.25) is 0 Å². The molecule has 1 atom stereocenters. The van der Waals surface area contributed by atoms with E-state index in [1.54, 1.807) is 33.4 Å². The average molecular weight is 319 g/mol. The van der Waals surface area contributed by atoms with Gasteiger partial charge in [0.15, 0.2) is 0 Å². The molecule has 7 heteroatoms. The second-order valence-corrected chi connectivity index (χ2v) is 5.33. The summed E-state index contributed by atoms with van der Waals surface area (Å²) in [6.07, 6.45) is 0.299. The number of nitrogens with zero attached hydrogens (tertiary/aromatic N) is 2. The van der Waals surface area contributed by atoms with Gasteiger partial charge in [0.25, 0.3) is 0 Å². The topological polar surface area (TPSA) is 80.2 Å². The summed E-state index contributed by atoms with van der Waals surface area (Å²) in [5.41, 5.74) is 1.39. The molecule has 0 saturated carbocycles. The van der Waals surface area contributed by atoms with E-state index < -0.39 is 0 Å². The van der Waals surface area contributed by atoms with Crippen LogP contribution in [-0.2, 0) is 9.59 Å². The quantitative estimate of drug-likeness (QED) is 0.861. The lowest BCUT2D eigenvalue weighted by atomic mass is 10.1. The van der Waals surface area contributed by atoms with Crippen molar-refractivity contribution in [3.8, 4) is 11.5 Å². The highest BCUT2D eigenvalue weighted by molar-refractivity contribution is 6.11. The third-order valence-electron chi connectivity index (χ3n) is 3.65. The zero-order valence-electron chi connectivity index (χ0n) is 13.8. The van der Waals surface area contributed by atoms with Crippen LogP contribution in [0.4, 0.5) is 0 Å². The van der Waals surface area contributed by atoms with Gasteiger partial charge in [0.05, 0.1) is 38.8 Å². The lowest BCUT2D eigenvalue weighted by Gasteiger charge is -2.18. The number of hydrogen-bond donors (Lipinski definition) is 1. The largest absolute Gasteiger partial charge is 0.497 e. The zero-order valence-corrected chi connectivity index (χ0v) is 13.8. The highest BCUT2D eigenvalue weighted by Gasteiger charge is 2.23. The van der Waals surface area contributed by atoms with Crippen LogP contribution < -0.4 is 14.8 Å². The molecule has 2 amide bonds. The monoisotopic (exact) mass is 319 g/mol. The number of amides is 2. The van der Waals surface area contributed by atoms with Crippen molar-refractivity contribution in [2.45, 2.75) is 25.8 Å². The summed E-state index contributed by atoms with van der Waals surface area (Å²) in [5, 5.41) is 8.20. The number of nitrogens with one attached hydrogen (secondary N) is 1. The molecule has 0 aromatic heterocycles. The van der Waals surface area contributed by atoms with E-state index in [-0.39, 0.29) is 30.7 Å². The molecule has 0 unspecified atom stereocenters. The molecule has 124 valence electrons. The Morgan fingerprint density at radius 2 is 2.13 bits per heavy atom. The summed E-state index contributed by atoms with van der Waals surface area (Å²) < 4.78 is 10.5. The molecule has 0 radical (unpaired) electrons. The minimum Gasteiger partial charge on any atom is -0.497 e. The van der Waals surface area contributed by atoms with Gasteiger partial charge >= 0.3 is 0 Å². The van der Waals surface area contributed by atoms with E-state index in [1.165, 1.54) is 5.01 Å². The highest BCUT2D eigenvalue weighted by atomic mass is 16.5. The highest BCUT2D eigenvalue weighted by Crippen LogP contribution is 2.29. The fourth-order valence-corrected chi connectivity index (χ4v) is 2.42. The molecular formula is C16H21N3O4. The summed E-state index contributed by atoms with van der Waals surface area (Å²) in [6, 6.07) is 5.16. The van der Waals surface area contributed by atoms with E-state index in [0.29, 0.717) is 17.2 Å². The number of methoxy groups -OCH3 is 2. The fourth-order valence-electron chi connectivity index (χ4n) is 2.42. The second-order valence-electron chi connectivity index (χ2n) is 5.33. The standard InChI is InChI=1S/C16H21N3O4/c1-10(13-9-12(22-3)5-6-14(13)23-4)17-15(20)7-11-8-16(21)19(2)18-11/h5-6,9-10H,7-8H2,1-4H3,(H,17,20)/t10-/m1/s1. The van der Waals surface area contributed by atoms with Crippen molar-refractivity contribution in [1.82, 2.24) is 10.3 Å². The predicted octanol–water partition coefficient (Wildman–Crippen LogP) is 1.49. The van der Waals surface area contributed by atoms with Gasteiger partial charge in [0.1, 0.15) is 11.5 Å². The van der Waals surface area contributed by atoms with E-state index in [1.807, 2.05) is 13.0 Å². The Balaban J connectivity index is 2.04. The molecule has 1 aliphatic heterocycles. The number of benzene rings is 1. The van der Waals surface area contributed by atoms with Crippen LogP contribution >= 0.6 is 0 Å². The Morgan fingerprint density at radius 3 is 2.70 bits per heavy atom. The average Bonchev–Trinajstić information content (AvgIpc) is 2.84. The molecule has 2 rings (SSSR count). The van der Waals surface area contributed by atoms with Crippen molar-refractivity contribution < 1.29 is 19.1 Å². The van der Waals surface area contributed by atoms with E-state index in [4.69, 9.17) is 9.47 Å². The number of hydrazone groups is 1. The number of rotatable bonds is 6. The molecule has 0 fully saturated rings. The van der Waals surface area contributed by atoms with Gasteiger partial charge in [-0.1, -0.05) is 0 Å². The SMILES string of the molecule is COc1ccc(OC)c([C@@H](C)NC(=O)CC2=NN(C)C(=O)C2)c1. The fraction of sp³-hybridized carbons (Fsp3) is 0.438. The molecule has 0 spiro atoms. The Labute approximate surface area is 135 Å². The first kappa shape index (κ1) is 16.8. The first-order valence-corrected chi connectivity index (χ1v) is 7.28. The maximum Gasteiger partial charge on any atom is 0.248 e. The lowest BCUT2D eigenvalue weighted by molar-refractivity contribution is -0.127. The Kier molecular flexibility index (Phi) is 5.20. The van der Waals surface area contributed by atoms with Crippen LogP contribution in [0, 0.1) is 0 Å². The first-order valence-electron chi connectivity index (χ1n) is 7.28. The van der Waals surface area contributed by atoms with Crippen LogP contribution in [-0.4, -0.2) is 43.8 Å². The number of carbonyl (C=O) groups excluding carboxylic acids is 2. The molecule has 1 heterocycles. The lowest BCUT2D eigenvalue weighted by Crippen LogP contribution is -2.28. The smallest absolute Gasteiger partial charge is 0.248 e. The van der Waals surface area contributed by atoms with Crippen LogP contribution in [0.5, 0.6) is 11.5 Å². The van der Waals surface area contributed by atoms with Crippen LogP contribution in [0.15, 0.2) is 23.3 Å². The van der Waals surface area contributed by atoms with Gasteiger partial charge in [-0.15, -0.1) is 0 Å². The molecule has 1 aromatic rings. The van der Waals surface area contributed by atoms with Crippen molar-refractivity contribution in [3.63, 3.8) is 0 Å². The van der Waals surface area contributed by atoms with E-state index >= 15 is 0 Å². The van der Waals surface area contributed by atoms with Gasteiger partial charge < -0.3 is 14.8 Å². The van der Waals surface area contributed by atoms with Crippen molar-refractivity contribution in [1.29, 1.82) is 0 Å². The van der Waals surface area contributed by atoms with Gasteiger partial charge in [-0.25, -0.2) is 5.01 Å². The molecule has 0 bridgehead atoms. The Bertz CT molecular complexity index is 642. The van der Waals surface area contributed by atoms with Crippen LogP contribution in [0.1, 0.15) is 31.4 Å². The van der Waals surface area contributed by atoms with Gasteiger partial charge in [-0.05, 0) is 25.1 Å². The molecule has 1 aliphatic rings. The van der Waals surface area contributed by atoms with Crippen molar-refractivity contribution in [2.75, 3.05) is 21.3 Å². The third-order valence-corrected chi connectivity index (χ3v) is 3.65. The van der Waals surface area contributed by atoms with E-state index in [2.05, 4.69) is 10.4 Å². The van der Waals surface area contributed by atoms with E-state index in [0.717, 1.165) is 5.56 Å². The van der Waals surface area contributed by atoms with Crippen LogP contribution in [0.3, 0.4) is 0 Å². The molecular weight excluding hydrogens is 298 g/mol. The minimum absolute atomic E-state index is 0.102. The van der Waals surface area contributed by atoms with Crippen molar-refractivity contribution in [2.24, 2.45) is 5.10 Å². The summed E-state index contributed by atoms with van der Waals surface area (Å²) in [5.74, 6) is 1.07. The number of hydrogen-bond acceptors (Lipinski definition) is 5. The van der Waals surface area contributed by atoms with Gasteiger partial charge in [-0.3, -0.25) is 9.59 Å². The maximum atomic E-state index is 12.2.